The number of urea groups is 1. The number of carbonyl (C=O) groups is 2. The molecule has 0 fully saturated rings. The average molecular weight is 514 g/mol. The Morgan fingerprint density at radius 2 is 1.84 bits per heavy atom. The molecule has 1 aliphatic heterocycles. The van der Waals surface area contributed by atoms with Crippen LogP contribution in [0.5, 0.6) is 11.5 Å². The Bertz CT molecular complexity index is 1350. The van der Waals surface area contributed by atoms with E-state index in [1.165, 1.54) is 0 Å². The highest BCUT2D eigenvalue weighted by atomic mass is 16.5. The number of fused-ring (bicyclic) bond motifs is 1. The van der Waals surface area contributed by atoms with Crippen LogP contribution in [0.1, 0.15) is 44.4 Å². The van der Waals surface area contributed by atoms with Gasteiger partial charge in [0.15, 0.2) is 6.10 Å². The van der Waals surface area contributed by atoms with Crippen LogP contribution in [0.2, 0.25) is 0 Å². The first-order valence-corrected chi connectivity index (χ1v) is 12.7. The number of ether oxygens (including phenoxy) is 2. The van der Waals surface area contributed by atoms with Crippen LogP contribution in [-0.4, -0.2) is 31.2 Å². The topological polar surface area (TPSA) is 79.9 Å². The van der Waals surface area contributed by atoms with E-state index in [1.807, 2.05) is 76.2 Å². The highest BCUT2D eigenvalue weighted by Crippen LogP contribution is 2.36. The smallest absolute Gasteiger partial charge is 0.319 e. The van der Waals surface area contributed by atoms with Gasteiger partial charge < -0.3 is 25.0 Å². The first-order chi connectivity index (χ1) is 18.0. The molecule has 0 aliphatic carbocycles. The predicted molar refractivity (Wildman–Crippen MR) is 152 cm³/mol. The highest BCUT2D eigenvalue weighted by Gasteiger charge is 2.32. The molecule has 1 aliphatic rings. The van der Waals surface area contributed by atoms with Crippen molar-refractivity contribution in [1.29, 1.82) is 0 Å². The number of benzene rings is 3. The molecule has 1 heterocycles. The Kier molecular flexibility index (Phi) is 7.76. The van der Waals surface area contributed by atoms with E-state index < -0.39 is 11.6 Å². The number of allylic oxidation sites excluding steroid dienone is 1. The van der Waals surface area contributed by atoms with Gasteiger partial charge >= 0.3 is 6.03 Å². The van der Waals surface area contributed by atoms with Crippen molar-refractivity contribution in [3.63, 3.8) is 0 Å². The number of hydrogen-bond acceptors (Lipinski definition) is 4. The highest BCUT2D eigenvalue weighted by molar-refractivity contribution is 6.00. The van der Waals surface area contributed by atoms with Gasteiger partial charge in [-0.15, -0.1) is 0 Å². The summed E-state index contributed by atoms with van der Waals surface area (Å²) < 4.78 is 11.7. The molecule has 1 unspecified atom stereocenters. The van der Waals surface area contributed by atoms with Gasteiger partial charge in [0.05, 0.1) is 17.8 Å². The molecule has 4 rings (SSSR count). The first-order valence-electron chi connectivity index (χ1n) is 12.7. The maximum absolute atomic E-state index is 12.9. The first kappa shape index (κ1) is 26.8. The van der Waals surface area contributed by atoms with Crippen LogP contribution in [0, 0.1) is 6.92 Å². The predicted octanol–water partition coefficient (Wildman–Crippen LogP) is 6.28. The lowest BCUT2D eigenvalue weighted by atomic mass is 9.92. The molecule has 0 radical (unpaired) electrons. The van der Waals surface area contributed by atoms with Gasteiger partial charge in [0.2, 0.25) is 0 Å². The summed E-state index contributed by atoms with van der Waals surface area (Å²) in [5.74, 6) is 1.14. The SMILES string of the molecule is C=C(C)c1cccc(C(C)(C)NC(=O)Nc2ccc3c(c2)OC(C)C(=O)N3CCOc2ccc(C)cc2)c1. The fraction of sp³-hybridized carbons (Fsp3) is 0.290. The number of aryl methyl sites for hydroxylation is 1. The quantitative estimate of drug-likeness (QED) is 0.372. The van der Waals surface area contributed by atoms with Crippen LogP contribution in [-0.2, 0) is 10.3 Å². The summed E-state index contributed by atoms with van der Waals surface area (Å²) >= 11 is 0. The van der Waals surface area contributed by atoms with E-state index >= 15 is 0 Å². The lowest BCUT2D eigenvalue weighted by molar-refractivity contribution is -0.125. The van der Waals surface area contributed by atoms with Crippen molar-refractivity contribution in [2.24, 2.45) is 0 Å². The summed E-state index contributed by atoms with van der Waals surface area (Å²) in [6, 6.07) is 20.7. The summed E-state index contributed by atoms with van der Waals surface area (Å²) in [5, 5.41) is 5.93. The summed E-state index contributed by atoms with van der Waals surface area (Å²) in [6.45, 7) is 14.3. The number of hydrogen-bond donors (Lipinski definition) is 2. The molecule has 3 amide bonds. The number of amides is 3. The third-order valence-corrected chi connectivity index (χ3v) is 6.53. The fourth-order valence-electron chi connectivity index (χ4n) is 4.30. The standard InChI is InChI=1S/C31H35N3O4/c1-20(2)23-8-7-9-24(18-23)31(5,6)33-30(36)32-25-12-15-27-28(19-25)38-22(4)29(35)34(27)16-17-37-26-13-10-21(3)11-14-26/h7-15,18-19,22H,1,16-17H2,2-6H3,(H2,32,33,36). The molecule has 7 nitrogen and oxygen atoms in total. The molecule has 0 spiro atoms. The summed E-state index contributed by atoms with van der Waals surface area (Å²) in [6.07, 6.45) is -0.648. The number of nitrogens with one attached hydrogen (secondary N) is 2. The van der Waals surface area contributed by atoms with Gasteiger partial charge in [0, 0.05) is 11.8 Å². The van der Waals surface area contributed by atoms with Crippen molar-refractivity contribution in [2.75, 3.05) is 23.4 Å². The normalized spacial score (nSPS) is 14.8. The van der Waals surface area contributed by atoms with Crippen LogP contribution < -0.4 is 25.0 Å². The van der Waals surface area contributed by atoms with Crippen LogP contribution in [0.15, 0.2) is 73.3 Å². The van der Waals surface area contributed by atoms with Crippen molar-refractivity contribution >= 4 is 28.9 Å². The van der Waals surface area contributed by atoms with Crippen LogP contribution in [0.4, 0.5) is 16.2 Å². The number of nitrogens with zero attached hydrogens (tertiary/aromatic N) is 1. The Morgan fingerprint density at radius 1 is 1.11 bits per heavy atom. The molecule has 2 N–H and O–H groups in total. The Labute approximate surface area is 224 Å². The monoisotopic (exact) mass is 513 g/mol. The van der Waals surface area contributed by atoms with E-state index in [0.717, 1.165) is 28.0 Å². The molecule has 0 saturated carbocycles. The largest absolute Gasteiger partial charge is 0.492 e. The molecular weight excluding hydrogens is 478 g/mol. The van der Waals surface area contributed by atoms with Crippen molar-refractivity contribution in [2.45, 2.75) is 46.3 Å². The molecule has 3 aromatic carbocycles. The molecule has 1 atom stereocenters. The molecule has 3 aromatic rings. The molecular formula is C31H35N3O4. The Balaban J connectivity index is 1.43. The van der Waals surface area contributed by atoms with Crippen molar-refractivity contribution in [1.82, 2.24) is 5.32 Å². The number of rotatable bonds is 8. The van der Waals surface area contributed by atoms with Gasteiger partial charge in [0.25, 0.3) is 5.91 Å². The van der Waals surface area contributed by atoms with Gasteiger partial charge in [-0.2, -0.15) is 0 Å². The zero-order valence-corrected chi connectivity index (χ0v) is 22.6. The third kappa shape index (κ3) is 6.17. The maximum Gasteiger partial charge on any atom is 0.319 e. The lowest BCUT2D eigenvalue weighted by Crippen LogP contribution is -2.46. The molecule has 198 valence electrons. The second-order valence-electron chi connectivity index (χ2n) is 10.2. The van der Waals surface area contributed by atoms with E-state index in [-0.39, 0.29) is 11.9 Å². The maximum atomic E-state index is 12.9. The van der Waals surface area contributed by atoms with Crippen molar-refractivity contribution in [3.8, 4) is 11.5 Å². The third-order valence-electron chi connectivity index (χ3n) is 6.53. The lowest BCUT2D eigenvalue weighted by Gasteiger charge is -2.33. The summed E-state index contributed by atoms with van der Waals surface area (Å²) in [4.78, 5) is 27.4. The molecule has 7 heteroatoms. The van der Waals surface area contributed by atoms with Crippen molar-refractivity contribution < 1.29 is 19.1 Å². The molecule has 0 aromatic heterocycles. The van der Waals surface area contributed by atoms with Gasteiger partial charge in [-0.05, 0) is 76.1 Å². The van der Waals surface area contributed by atoms with Crippen LogP contribution in [0.3, 0.4) is 0 Å². The van der Waals surface area contributed by atoms with Crippen molar-refractivity contribution in [3.05, 3.63) is 90.0 Å². The van der Waals surface area contributed by atoms with Gasteiger partial charge in [-0.1, -0.05) is 48.0 Å². The van der Waals surface area contributed by atoms with Gasteiger partial charge in [-0.3, -0.25) is 4.79 Å². The summed E-state index contributed by atoms with van der Waals surface area (Å²) in [5.41, 5.74) is 4.70. The zero-order valence-electron chi connectivity index (χ0n) is 22.6. The molecule has 38 heavy (non-hydrogen) atoms. The van der Waals surface area contributed by atoms with E-state index in [9.17, 15) is 9.59 Å². The van der Waals surface area contributed by atoms with E-state index in [0.29, 0.717) is 30.3 Å². The Hall–Kier alpha value is -4.26. The average Bonchev–Trinajstić information content (AvgIpc) is 2.87. The minimum atomic E-state index is -0.648. The molecule has 0 saturated heterocycles. The van der Waals surface area contributed by atoms with Gasteiger partial charge in [-0.25, -0.2) is 4.79 Å². The zero-order chi connectivity index (χ0) is 27.4. The van der Waals surface area contributed by atoms with E-state index in [1.54, 1.807) is 30.0 Å². The molecule has 0 bridgehead atoms. The number of anilines is 2. The van der Waals surface area contributed by atoms with E-state index in [4.69, 9.17) is 9.47 Å². The van der Waals surface area contributed by atoms with Crippen LogP contribution >= 0.6 is 0 Å². The second kappa shape index (κ2) is 11.0. The minimum absolute atomic E-state index is 0.137. The number of carbonyl (C=O) groups excluding carboxylic acids is 2. The fourth-order valence-corrected chi connectivity index (χ4v) is 4.30. The summed E-state index contributed by atoms with van der Waals surface area (Å²) in [7, 11) is 0. The van der Waals surface area contributed by atoms with Gasteiger partial charge in [0.1, 0.15) is 18.1 Å². The van der Waals surface area contributed by atoms with Crippen LogP contribution in [0.25, 0.3) is 5.57 Å². The second-order valence-corrected chi connectivity index (χ2v) is 10.2. The minimum Gasteiger partial charge on any atom is -0.492 e. The Morgan fingerprint density at radius 3 is 2.55 bits per heavy atom. The van der Waals surface area contributed by atoms with E-state index in [2.05, 4.69) is 17.2 Å².